The monoisotopic (exact) mass is 262 g/mol. The lowest BCUT2D eigenvalue weighted by Crippen LogP contribution is -2.39. The van der Waals surface area contributed by atoms with Gasteiger partial charge in [0.2, 0.25) is 0 Å². The van der Waals surface area contributed by atoms with Crippen molar-refractivity contribution in [2.24, 2.45) is 5.92 Å². The molecule has 1 aliphatic rings. The van der Waals surface area contributed by atoms with Crippen LogP contribution in [0.3, 0.4) is 0 Å². The van der Waals surface area contributed by atoms with E-state index in [4.69, 9.17) is 4.74 Å². The molecule has 14 heavy (non-hydrogen) atoms. The second-order valence-electron chi connectivity index (χ2n) is 4.72. The largest absolute Gasteiger partial charge is 0.374 e. The Morgan fingerprint density at radius 1 is 1.50 bits per heavy atom. The lowest BCUT2D eigenvalue weighted by molar-refractivity contribution is -0.0637. The van der Waals surface area contributed by atoms with Crippen molar-refractivity contribution in [3.63, 3.8) is 0 Å². The van der Waals surface area contributed by atoms with Gasteiger partial charge in [-0.3, -0.25) is 0 Å². The number of hydrogen-bond donors (Lipinski definition) is 0. The summed E-state index contributed by atoms with van der Waals surface area (Å²) in [6.45, 7) is 5.50. The quantitative estimate of drug-likeness (QED) is 0.535. The molecule has 0 N–H and O–H groups in total. The normalized spacial score (nSPS) is 33.2. The molecule has 0 spiro atoms. The number of alkyl halides is 1. The maximum Gasteiger partial charge on any atom is 0.0781 e. The highest BCUT2D eigenvalue weighted by Gasteiger charge is 2.34. The molecule has 1 saturated carbocycles. The maximum atomic E-state index is 6.08. The van der Waals surface area contributed by atoms with E-state index in [1.165, 1.54) is 38.5 Å². The molecule has 0 aliphatic heterocycles. The molecule has 1 rings (SSSR count). The van der Waals surface area contributed by atoms with Gasteiger partial charge >= 0.3 is 0 Å². The van der Waals surface area contributed by atoms with Gasteiger partial charge in [-0.1, -0.05) is 49.0 Å². The van der Waals surface area contributed by atoms with E-state index in [9.17, 15) is 0 Å². The number of ether oxygens (including phenoxy) is 1. The van der Waals surface area contributed by atoms with Gasteiger partial charge in [-0.05, 0) is 25.2 Å². The van der Waals surface area contributed by atoms with E-state index < -0.39 is 0 Å². The summed E-state index contributed by atoms with van der Waals surface area (Å²) in [6, 6.07) is 0. The van der Waals surface area contributed by atoms with E-state index in [0.717, 1.165) is 17.9 Å². The Balaban J connectivity index is 2.39. The van der Waals surface area contributed by atoms with Crippen LogP contribution in [0.2, 0.25) is 0 Å². The smallest absolute Gasteiger partial charge is 0.0781 e. The van der Waals surface area contributed by atoms with E-state index in [1.807, 2.05) is 0 Å². The van der Waals surface area contributed by atoms with Crippen LogP contribution in [0.4, 0.5) is 0 Å². The average Bonchev–Trinajstić information content (AvgIpc) is 2.18. The second-order valence-corrected chi connectivity index (χ2v) is 5.28. The molecule has 0 radical (unpaired) electrons. The summed E-state index contributed by atoms with van der Waals surface area (Å²) < 4.78 is 6.08. The third kappa shape index (κ3) is 3.54. The molecule has 0 heterocycles. The fraction of sp³-hybridized carbons (Fsp3) is 1.00. The van der Waals surface area contributed by atoms with Crippen molar-refractivity contribution in [2.75, 3.05) is 11.9 Å². The summed E-state index contributed by atoms with van der Waals surface area (Å²) in [6.07, 6.45) is 7.62. The molecule has 0 bridgehead atoms. The molecule has 2 atom stereocenters. The molecule has 2 unspecified atom stereocenters. The van der Waals surface area contributed by atoms with Gasteiger partial charge in [-0.25, -0.2) is 0 Å². The zero-order valence-corrected chi connectivity index (χ0v) is 11.1. The first kappa shape index (κ1) is 12.5. The SMILES string of the molecule is CCCCOC1(CBr)CCCC(C)C1. The molecule has 0 amide bonds. The van der Waals surface area contributed by atoms with Gasteiger partial charge in [0, 0.05) is 11.9 Å². The van der Waals surface area contributed by atoms with Crippen molar-refractivity contribution in [1.29, 1.82) is 0 Å². The Hall–Kier alpha value is 0.440. The first-order chi connectivity index (χ1) is 6.72. The Morgan fingerprint density at radius 3 is 2.86 bits per heavy atom. The van der Waals surface area contributed by atoms with Gasteiger partial charge < -0.3 is 4.74 Å². The predicted octanol–water partition coefficient (Wildman–Crippen LogP) is 4.15. The Morgan fingerprint density at radius 2 is 2.29 bits per heavy atom. The van der Waals surface area contributed by atoms with Gasteiger partial charge in [0.05, 0.1) is 5.60 Å². The Bertz CT molecular complexity index is 160. The molecule has 1 aliphatic carbocycles. The summed E-state index contributed by atoms with van der Waals surface area (Å²) >= 11 is 3.62. The minimum atomic E-state index is 0.160. The molecule has 1 fully saturated rings. The predicted molar refractivity (Wildman–Crippen MR) is 65.0 cm³/mol. The molecular formula is C12H23BrO. The summed E-state index contributed by atoms with van der Waals surface area (Å²) in [5.74, 6) is 0.836. The first-order valence-corrected chi connectivity index (χ1v) is 7.04. The van der Waals surface area contributed by atoms with Gasteiger partial charge in [0.15, 0.2) is 0 Å². The third-order valence-electron chi connectivity index (χ3n) is 3.20. The molecule has 0 saturated heterocycles. The average molecular weight is 263 g/mol. The molecule has 84 valence electrons. The van der Waals surface area contributed by atoms with Gasteiger partial charge in [0.1, 0.15) is 0 Å². The van der Waals surface area contributed by atoms with Crippen LogP contribution < -0.4 is 0 Å². The zero-order chi connectivity index (χ0) is 10.4. The summed E-state index contributed by atoms with van der Waals surface area (Å²) in [5.41, 5.74) is 0.160. The molecule has 2 heteroatoms. The number of rotatable bonds is 5. The van der Waals surface area contributed by atoms with Crippen LogP contribution in [-0.2, 0) is 4.74 Å². The molecule has 1 nitrogen and oxygen atoms in total. The summed E-state index contributed by atoms with van der Waals surface area (Å²) in [5, 5.41) is 1.01. The number of hydrogen-bond acceptors (Lipinski definition) is 1. The van der Waals surface area contributed by atoms with Crippen LogP contribution in [0.15, 0.2) is 0 Å². The third-order valence-corrected chi connectivity index (χ3v) is 4.22. The molecule has 0 aromatic heterocycles. The first-order valence-electron chi connectivity index (χ1n) is 5.92. The van der Waals surface area contributed by atoms with Crippen LogP contribution in [-0.4, -0.2) is 17.5 Å². The Labute approximate surface area is 96.7 Å². The van der Waals surface area contributed by atoms with E-state index in [1.54, 1.807) is 0 Å². The van der Waals surface area contributed by atoms with E-state index in [2.05, 4.69) is 29.8 Å². The Kier molecular flexibility index (Phi) is 5.47. The van der Waals surface area contributed by atoms with Crippen molar-refractivity contribution in [2.45, 2.75) is 58.0 Å². The topological polar surface area (TPSA) is 9.23 Å². The van der Waals surface area contributed by atoms with Crippen LogP contribution in [0.5, 0.6) is 0 Å². The van der Waals surface area contributed by atoms with Gasteiger partial charge in [-0.2, -0.15) is 0 Å². The van der Waals surface area contributed by atoms with Crippen LogP contribution in [0.1, 0.15) is 52.4 Å². The zero-order valence-electron chi connectivity index (χ0n) is 9.52. The van der Waals surface area contributed by atoms with Crippen molar-refractivity contribution >= 4 is 15.9 Å². The van der Waals surface area contributed by atoms with Gasteiger partial charge in [-0.15, -0.1) is 0 Å². The molecular weight excluding hydrogens is 240 g/mol. The fourth-order valence-corrected chi connectivity index (χ4v) is 3.01. The fourth-order valence-electron chi connectivity index (χ4n) is 2.34. The molecule has 0 aromatic carbocycles. The van der Waals surface area contributed by atoms with Crippen molar-refractivity contribution in [1.82, 2.24) is 0 Å². The lowest BCUT2D eigenvalue weighted by Gasteiger charge is -2.38. The lowest BCUT2D eigenvalue weighted by atomic mass is 9.80. The standard InChI is InChI=1S/C12H23BrO/c1-3-4-8-14-12(10-13)7-5-6-11(2)9-12/h11H,3-10H2,1-2H3. The van der Waals surface area contributed by atoms with Crippen molar-refractivity contribution < 1.29 is 4.74 Å². The summed E-state index contributed by atoms with van der Waals surface area (Å²) in [4.78, 5) is 0. The van der Waals surface area contributed by atoms with Crippen molar-refractivity contribution in [3.8, 4) is 0 Å². The highest BCUT2D eigenvalue weighted by atomic mass is 79.9. The molecule has 0 aromatic rings. The minimum Gasteiger partial charge on any atom is -0.374 e. The summed E-state index contributed by atoms with van der Waals surface area (Å²) in [7, 11) is 0. The van der Waals surface area contributed by atoms with E-state index >= 15 is 0 Å². The second kappa shape index (κ2) is 6.12. The highest BCUT2D eigenvalue weighted by molar-refractivity contribution is 9.09. The van der Waals surface area contributed by atoms with Gasteiger partial charge in [0.25, 0.3) is 0 Å². The van der Waals surface area contributed by atoms with Crippen LogP contribution in [0, 0.1) is 5.92 Å². The van der Waals surface area contributed by atoms with Crippen LogP contribution in [0.25, 0.3) is 0 Å². The van der Waals surface area contributed by atoms with Crippen LogP contribution >= 0.6 is 15.9 Å². The number of unbranched alkanes of at least 4 members (excludes halogenated alkanes) is 1. The van der Waals surface area contributed by atoms with E-state index in [-0.39, 0.29) is 5.60 Å². The van der Waals surface area contributed by atoms with E-state index in [0.29, 0.717) is 0 Å². The minimum absolute atomic E-state index is 0.160. The highest BCUT2D eigenvalue weighted by Crippen LogP contribution is 2.36. The number of halogens is 1. The maximum absolute atomic E-state index is 6.08. The van der Waals surface area contributed by atoms with Crippen molar-refractivity contribution in [3.05, 3.63) is 0 Å².